The normalized spacial score (nSPS) is 10.9. The maximum atomic E-state index is 13.4. The first kappa shape index (κ1) is 19.9. The van der Waals surface area contributed by atoms with Crippen molar-refractivity contribution in [2.24, 2.45) is 0 Å². The number of rotatable bonds is 6. The summed E-state index contributed by atoms with van der Waals surface area (Å²) in [6, 6.07) is 14.9. The number of anilines is 4. The van der Waals surface area contributed by atoms with Gasteiger partial charge in [-0.15, -0.1) is 0 Å². The fourth-order valence-electron chi connectivity index (χ4n) is 2.48. The largest absolute Gasteiger partial charge is 0.494 e. The first-order valence-corrected chi connectivity index (χ1v) is 8.60. The van der Waals surface area contributed by atoms with Crippen molar-refractivity contribution in [2.45, 2.75) is 13.1 Å². The van der Waals surface area contributed by atoms with Crippen molar-refractivity contribution in [3.63, 3.8) is 0 Å². The fraction of sp³-hybridized carbons (Fsp3) is 0.150. The van der Waals surface area contributed by atoms with Gasteiger partial charge in [-0.2, -0.15) is 23.4 Å². The van der Waals surface area contributed by atoms with Gasteiger partial charge in [-0.05, 0) is 49.4 Å². The molecule has 0 aliphatic carbocycles. The molecule has 2 aromatic carbocycles. The van der Waals surface area contributed by atoms with Crippen molar-refractivity contribution < 1.29 is 17.9 Å². The Labute approximate surface area is 165 Å². The van der Waals surface area contributed by atoms with Crippen molar-refractivity contribution >= 4 is 23.1 Å². The summed E-state index contributed by atoms with van der Waals surface area (Å²) in [7, 11) is 0. The number of hydrogen-bond donors (Lipinski definition) is 2. The van der Waals surface area contributed by atoms with E-state index in [1.165, 1.54) is 6.07 Å². The van der Waals surface area contributed by atoms with Gasteiger partial charge in [0.1, 0.15) is 17.1 Å². The van der Waals surface area contributed by atoms with Crippen molar-refractivity contribution in [2.75, 3.05) is 17.2 Å². The second kappa shape index (κ2) is 8.48. The Morgan fingerprint density at radius 3 is 2.48 bits per heavy atom. The zero-order valence-corrected chi connectivity index (χ0v) is 15.3. The van der Waals surface area contributed by atoms with Crippen molar-refractivity contribution in [1.82, 2.24) is 9.97 Å². The Hall–Kier alpha value is -3.80. The zero-order chi connectivity index (χ0) is 20.9. The molecule has 0 radical (unpaired) electrons. The molecule has 2 N–H and O–H groups in total. The fourth-order valence-corrected chi connectivity index (χ4v) is 2.48. The van der Waals surface area contributed by atoms with Crippen LogP contribution >= 0.6 is 0 Å². The molecular formula is C20H16F3N5O. The number of nitriles is 1. The Balaban J connectivity index is 1.90. The summed E-state index contributed by atoms with van der Waals surface area (Å²) in [4.78, 5) is 7.75. The molecule has 1 aromatic heterocycles. The van der Waals surface area contributed by atoms with Crippen LogP contribution in [0.4, 0.5) is 36.3 Å². The van der Waals surface area contributed by atoms with Crippen LogP contribution in [0.25, 0.3) is 0 Å². The highest BCUT2D eigenvalue weighted by atomic mass is 19.4. The Kier molecular flexibility index (Phi) is 5.83. The summed E-state index contributed by atoms with van der Waals surface area (Å²) in [5.41, 5.74) is 0.188. The van der Waals surface area contributed by atoms with E-state index in [1.807, 2.05) is 13.0 Å². The third kappa shape index (κ3) is 5.13. The van der Waals surface area contributed by atoms with Gasteiger partial charge in [-0.1, -0.05) is 6.07 Å². The number of benzene rings is 2. The lowest BCUT2D eigenvalue weighted by atomic mass is 10.2. The van der Waals surface area contributed by atoms with Crippen molar-refractivity contribution in [1.29, 1.82) is 5.26 Å². The highest BCUT2D eigenvalue weighted by molar-refractivity contribution is 5.64. The summed E-state index contributed by atoms with van der Waals surface area (Å²) < 4.78 is 45.4. The molecular weight excluding hydrogens is 383 g/mol. The average Bonchev–Trinajstić information content (AvgIpc) is 2.69. The van der Waals surface area contributed by atoms with Crippen molar-refractivity contribution in [3.05, 3.63) is 65.9 Å². The minimum atomic E-state index is -4.65. The van der Waals surface area contributed by atoms with Crippen LogP contribution in [0.2, 0.25) is 0 Å². The zero-order valence-electron chi connectivity index (χ0n) is 15.3. The summed E-state index contributed by atoms with van der Waals surface area (Å²) in [5, 5.41) is 14.5. The second-order valence-electron chi connectivity index (χ2n) is 5.85. The second-order valence-corrected chi connectivity index (χ2v) is 5.85. The van der Waals surface area contributed by atoms with Crippen LogP contribution in [0.15, 0.2) is 54.7 Å². The Morgan fingerprint density at radius 1 is 1.07 bits per heavy atom. The molecule has 9 heteroatoms. The highest BCUT2D eigenvalue weighted by Gasteiger charge is 2.35. The van der Waals surface area contributed by atoms with Crippen LogP contribution in [0.3, 0.4) is 0 Å². The summed E-state index contributed by atoms with van der Waals surface area (Å²) in [5.74, 6) is 0.239. The van der Waals surface area contributed by atoms with Gasteiger partial charge in [0.25, 0.3) is 0 Å². The lowest BCUT2D eigenvalue weighted by Crippen LogP contribution is -2.12. The third-order valence-electron chi connectivity index (χ3n) is 3.77. The van der Waals surface area contributed by atoms with E-state index in [1.54, 1.807) is 42.5 Å². The number of nitrogens with one attached hydrogen (secondary N) is 2. The van der Waals surface area contributed by atoms with E-state index in [4.69, 9.17) is 10.00 Å². The molecule has 0 saturated heterocycles. The van der Waals surface area contributed by atoms with Gasteiger partial charge in [0.2, 0.25) is 5.95 Å². The molecule has 0 saturated carbocycles. The lowest BCUT2D eigenvalue weighted by Gasteiger charge is -2.15. The SMILES string of the molecule is CCOc1ccc(Nc2ncc(C(F)(F)F)c(Nc3cccc(C#N)c3)n2)cc1. The molecule has 0 aliphatic heterocycles. The number of hydrogen-bond acceptors (Lipinski definition) is 6. The number of nitrogens with zero attached hydrogens (tertiary/aromatic N) is 3. The minimum absolute atomic E-state index is 0.0129. The first-order chi connectivity index (χ1) is 13.9. The molecule has 3 aromatic rings. The Morgan fingerprint density at radius 2 is 1.83 bits per heavy atom. The molecule has 0 unspecified atom stereocenters. The molecule has 0 amide bonds. The number of aromatic nitrogens is 2. The molecule has 148 valence electrons. The van der Waals surface area contributed by atoms with E-state index in [9.17, 15) is 13.2 Å². The topological polar surface area (TPSA) is 82.9 Å². The number of alkyl halides is 3. The quantitative estimate of drug-likeness (QED) is 0.589. The van der Waals surface area contributed by atoms with Gasteiger partial charge in [0.15, 0.2) is 0 Å². The monoisotopic (exact) mass is 399 g/mol. The molecule has 3 rings (SSSR count). The van der Waals surface area contributed by atoms with Crippen molar-refractivity contribution in [3.8, 4) is 11.8 Å². The lowest BCUT2D eigenvalue weighted by molar-refractivity contribution is -0.137. The molecule has 0 aliphatic rings. The van der Waals surface area contributed by atoms with Crippen LogP contribution in [0.5, 0.6) is 5.75 Å². The average molecular weight is 399 g/mol. The number of ether oxygens (including phenoxy) is 1. The van der Waals surface area contributed by atoms with Gasteiger partial charge in [-0.25, -0.2) is 4.98 Å². The predicted molar refractivity (Wildman–Crippen MR) is 102 cm³/mol. The Bertz CT molecular complexity index is 1030. The molecule has 0 atom stereocenters. The molecule has 29 heavy (non-hydrogen) atoms. The van der Waals surface area contributed by atoms with Gasteiger partial charge < -0.3 is 15.4 Å². The predicted octanol–water partition coefficient (Wildman–Crippen LogP) is 5.25. The molecule has 0 bridgehead atoms. The highest BCUT2D eigenvalue weighted by Crippen LogP contribution is 2.35. The summed E-state index contributed by atoms with van der Waals surface area (Å²) in [6.07, 6.45) is -3.94. The number of halogens is 3. The van der Waals surface area contributed by atoms with E-state index in [0.717, 1.165) is 0 Å². The van der Waals surface area contributed by atoms with Gasteiger partial charge in [0.05, 0.1) is 18.2 Å². The van der Waals surface area contributed by atoms with E-state index in [2.05, 4.69) is 20.6 Å². The van der Waals surface area contributed by atoms with Crippen LogP contribution in [0.1, 0.15) is 18.1 Å². The van der Waals surface area contributed by atoms with Crippen LogP contribution in [0, 0.1) is 11.3 Å². The molecule has 0 spiro atoms. The molecule has 6 nitrogen and oxygen atoms in total. The van der Waals surface area contributed by atoms with Gasteiger partial charge in [-0.3, -0.25) is 0 Å². The standard InChI is InChI=1S/C20H16F3N5O/c1-2-29-16-8-6-14(7-9-16)27-19-25-12-17(20(21,22)23)18(28-19)26-15-5-3-4-13(10-15)11-24/h3-10,12H,2H2,1H3,(H2,25,26,27,28). The van der Waals surface area contributed by atoms with E-state index >= 15 is 0 Å². The molecule has 1 heterocycles. The summed E-state index contributed by atoms with van der Waals surface area (Å²) >= 11 is 0. The van der Waals surface area contributed by atoms with E-state index in [-0.39, 0.29) is 5.95 Å². The maximum absolute atomic E-state index is 13.4. The first-order valence-electron chi connectivity index (χ1n) is 8.60. The van der Waals surface area contributed by atoms with E-state index < -0.39 is 17.6 Å². The minimum Gasteiger partial charge on any atom is -0.494 e. The van der Waals surface area contributed by atoms with Crippen LogP contribution < -0.4 is 15.4 Å². The molecule has 0 fully saturated rings. The third-order valence-corrected chi connectivity index (χ3v) is 3.77. The van der Waals surface area contributed by atoms with Crippen LogP contribution in [-0.4, -0.2) is 16.6 Å². The summed E-state index contributed by atoms with van der Waals surface area (Å²) in [6.45, 7) is 2.39. The maximum Gasteiger partial charge on any atom is 0.421 e. The van der Waals surface area contributed by atoms with Gasteiger partial charge in [0, 0.05) is 17.6 Å². The van der Waals surface area contributed by atoms with Gasteiger partial charge >= 0.3 is 6.18 Å². The van der Waals surface area contributed by atoms with Crippen LogP contribution in [-0.2, 0) is 6.18 Å². The smallest absolute Gasteiger partial charge is 0.421 e. The van der Waals surface area contributed by atoms with E-state index in [0.29, 0.717) is 35.5 Å².